The monoisotopic (exact) mass is 242 g/mol. The molecule has 0 radical (unpaired) electrons. The number of hydrogen-bond donors (Lipinski definition) is 2. The second-order valence-corrected chi connectivity index (χ2v) is 5.99. The van der Waals surface area contributed by atoms with Crippen molar-refractivity contribution >= 4 is 0 Å². The Bertz CT molecular complexity index is 189. The molecular weight excluding hydrogens is 212 g/mol. The summed E-state index contributed by atoms with van der Waals surface area (Å²) >= 11 is 0. The van der Waals surface area contributed by atoms with Crippen LogP contribution in [0.3, 0.4) is 0 Å². The van der Waals surface area contributed by atoms with E-state index in [1.165, 1.54) is 32.5 Å². The van der Waals surface area contributed by atoms with E-state index in [2.05, 4.69) is 31.0 Å². The van der Waals surface area contributed by atoms with Gasteiger partial charge in [0.2, 0.25) is 0 Å². The summed E-state index contributed by atoms with van der Waals surface area (Å²) in [5.74, 6) is 1.37. The second-order valence-electron chi connectivity index (χ2n) is 5.99. The van der Waals surface area contributed by atoms with Crippen LogP contribution < -0.4 is 5.32 Å². The Hall–Kier alpha value is -0.120. The Morgan fingerprint density at radius 2 is 1.88 bits per heavy atom. The Morgan fingerprint density at radius 1 is 1.24 bits per heavy atom. The third kappa shape index (κ3) is 6.39. The first kappa shape index (κ1) is 14.9. The number of aliphatic hydroxyl groups excluding tert-OH is 1. The van der Waals surface area contributed by atoms with Crippen molar-refractivity contribution in [3.63, 3.8) is 0 Å². The highest BCUT2D eigenvalue weighted by atomic mass is 16.3. The minimum absolute atomic E-state index is 0.315. The summed E-state index contributed by atoms with van der Waals surface area (Å²) in [6, 6.07) is 0.694. The van der Waals surface area contributed by atoms with Gasteiger partial charge in [0.1, 0.15) is 0 Å². The minimum atomic E-state index is 0.315. The summed E-state index contributed by atoms with van der Waals surface area (Å²) in [5, 5.41) is 12.5. The fourth-order valence-electron chi connectivity index (χ4n) is 2.53. The molecule has 0 bridgehead atoms. The van der Waals surface area contributed by atoms with Gasteiger partial charge in [-0.2, -0.15) is 0 Å². The molecule has 17 heavy (non-hydrogen) atoms. The molecule has 3 heteroatoms. The molecule has 0 aliphatic carbocycles. The second kappa shape index (κ2) is 8.06. The zero-order valence-electron chi connectivity index (χ0n) is 11.8. The van der Waals surface area contributed by atoms with Crippen molar-refractivity contribution in [1.29, 1.82) is 0 Å². The standard InChI is InChI=1S/C14H30N2O/c1-12(2)11-16-7-4-14(5-8-16)15-10-13(3)6-9-17/h12-15,17H,4-11H2,1-3H3. The first-order valence-corrected chi connectivity index (χ1v) is 7.18. The van der Waals surface area contributed by atoms with Gasteiger partial charge in [0.15, 0.2) is 0 Å². The van der Waals surface area contributed by atoms with E-state index in [0.29, 0.717) is 18.6 Å². The minimum Gasteiger partial charge on any atom is -0.396 e. The van der Waals surface area contributed by atoms with Crippen molar-refractivity contribution in [2.45, 2.75) is 46.1 Å². The molecule has 0 aromatic heterocycles. The fraction of sp³-hybridized carbons (Fsp3) is 1.00. The van der Waals surface area contributed by atoms with Crippen molar-refractivity contribution in [1.82, 2.24) is 10.2 Å². The molecule has 1 heterocycles. The van der Waals surface area contributed by atoms with Crippen molar-refractivity contribution in [2.75, 3.05) is 32.8 Å². The van der Waals surface area contributed by atoms with Gasteiger partial charge in [-0.05, 0) is 50.7 Å². The van der Waals surface area contributed by atoms with Crippen LogP contribution in [0, 0.1) is 11.8 Å². The van der Waals surface area contributed by atoms with E-state index in [4.69, 9.17) is 5.11 Å². The predicted octanol–water partition coefficient (Wildman–Crippen LogP) is 1.71. The number of piperidine rings is 1. The lowest BCUT2D eigenvalue weighted by Gasteiger charge is -2.33. The molecule has 1 unspecified atom stereocenters. The number of nitrogens with one attached hydrogen (secondary N) is 1. The highest BCUT2D eigenvalue weighted by Gasteiger charge is 2.19. The molecule has 102 valence electrons. The molecule has 2 N–H and O–H groups in total. The average molecular weight is 242 g/mol. The summed E-state index contributed by atoms with van der Waals surface area (Å²) in [6.07, 6.45) is 3.47. The lowest BCUT2D eigenvalue weighted by Crippen LogP contribution is -2.44. The van der Waals surface area contributed by atoms with Gasteiger partial charge in [0.25, 0.3) is 0 Å². The van der Waals surface area contributed by atoms with Crippen LogP contribution >= 0.6 is 0 Å². The summed E-state index contributed by atoms with van der Waals surface area (Å²) in [5.41, 5.74) is 0. The van der Waals surface area contributed by atoms with Crippen LogP contribution in [0.1, 0.15) is 40.0 Å². The van der Waals surface area contributed by atoms with Gasteiger partial charge in [-0.25, -0.2) is 0 Å². The van der Waals surface area contributed by atoms with E-state index >= 15 is 0 Å². The van der Waals surface area contributed by atoms with Gasteiger partial charge in [-0.1, -0.05) is 20.8 Å². The summed E-state index contributed by atoms with van der Waals surface area (Å²) in [6.45, 7) is 11.9. The molecule has 1 rings (SSSR count). The van der Waals surface area contributed by atoms with Crippen molar-refractivity contribution in [3.8, 4) is 0 Å². The zero-order valence-corrected chi connectivity index (χ0v) is 11.8. The molecule has 0 aromatic carbocycles. The maximum absolute atomic E-state index is 8.86. The first-order valence-electron chi connectivity index (χ1n) is 7.18. The third-order valence-corrected chi connectivity index (χ3v) is 3.59. The fourth-order valence-corrected chi connectivity index (χ4v) is 2.53. The number of likely N-dealkylation sites (tertiary alicyclic amines) is 1. The smallest absolute Gasteiger partial charge is 0.0434 e. The van der Waals surface area contributed by atoms with Gasteiger partial charge in [-0.3, -0.25) is 0 Å². The van der Waals surface area contributed by atoms with Crippen LogP contribution in [0.15, 0.2) is 0 Å². The number of nitrogens with zero attached hydrogens (tertiary/aromatic N) is 1. The van der Waals surface area contributed by atoms with Crippen LogP contribution in [0.5, 0.6) is 0 Å². The molecule has 0 spiro atoms. The van der Waals surface area contributed by atoms with Crippen molar-refractivity contribution in [2.24, 2.45) is 11.8 Å². The quantitative estimate of drug-likeness (QED) is 0.713. The van der Waals surface area contributed by atoms with Crippen molar-refractivity contribution in [3.05, 3.63) is 0 Å². The van der Waals surface area contributed by atoms with E-state index in [9.17, 15) is 0 Å². The van der Waals surface area contributed by atoms with E-state index < -0.39 is 0 Å². The molecule has 1 atom stereocenters. The maximum atomic E-state index is 8.86. The van der Waals surface area contributed by atoms with E-state index in [0.717, 1.165) is 18.9 Å². The topological polar surface area (TPSA) is 35.5 Å². The summed E-state index contributed by atoms with van der Waals surface area (Å²) in [7, 11) is 0. The van der Waals surface area contributed by atoms with E-state index in [1.54, 1.807) is 0 Å². The molecule has 1 fully saturated rings. The largest absolute Gasteiger partial charge is 0.396 e. The normalized spacial score (nSPS) is 21.0. The molecule has 0 amide bonds. The SMILES string of the molecule is CC(C)CN1CCC(NCC(C)CCO)CC1. The lowest BCUT2D eigenvalue weighted by molar-refractivity contribution is 0.176. The highest BCUT2D eigenvalue weighted by Crippen LogP contribution is 2.12. The number of hydrogen-bond acceptors (Lipinski definition) is 3. The van der Waals surface area contributed by atoms with Gasteiger partial charge in [0, 0.05) is 19.2 Å². The summed E-state index contributed by atoms with van der Waals surface area (Å²) in [4.78, 5) is 2.58. The zero-order chi connectivity index (χ0) is 12.7. The Kier molecular flexibility index (Phi) is 7.09. The molecular formula is C14H30N2O. The Labute approximate surface area is 107 Å². The van der Waals surface area contributed by atoms with Crippen LogP contribution in [-0.4, -0.2) is 48.8 Å². The Morgan fingerprint density at radius 3 is 2.41 bits per heavy atom. The van der Waals surface area contributed by atoms with Gasteiger partial charge in [0.05, 0.1) is 0 Å². The number of rotatable bonds is 7. The maximum Gasteiger partial charge on any atom is 0.0434 e. The number of aliphatic hydroxyl groups is 1. The molecule has 1 saturated heterocycles. The highest BCUT2D eigenvalue weighted by molar-refractivity contribution is 4.78. The van der Waals surface area contributed by atoms with Gasteiger partial charge < -0.3 is 15.3 Å². The molecule has 3 nitrogen and oxygen atoms in total. The summed E-state index contributed by atoms with van der Waals surface area (Å²) < 4.78 is 0. The van der Waals surface area contributed by atoms with Gasteiger partial charge >= 0.3 is 0 Å². The first-order chi connectivity index (χ1) is 8.11. The molecule has 1 aliphatic rings. The third-order valence-electron chi connectivity index (χ3n) is 3.59. The predicted molar refractivity (Wildman–Crippen MR) is 73.2 cm³/mol. The van der Waals surface area contributed by atoms with Crippen LogP contribution in [0.4, 0.5) is 0 Å². The molecule has 0 saturated carbocycles. The Balaban J connectivity index is 2.10. The van der Waals surface area contributed by atoms with Crippen LogP contribution in [0.2, 0.25) is 0 Å². The van der Waals surface area contributed by atoms with E-state index in [1.807, 2.05) is 0 Å². The van der Waals surface area contributed by atoms with Crippen LogP contribution in [0.25, 0.3) is 0 Å². The van der Waals surface area contributed by atoms with E-state index in [-0.39, 0.29) is 0 Å². The lowest BCUT2D eigenvalue weighted by atomic mass is 10.0. The van der Waals surface area contributed by atoms with Crippen LogP contribution in [-0.2, 0) is 0 Å². The average Bonchev–Trinajstić information content (AvgIpc) is 2.28. The van der Waals surface area contributed by atoms with Gasteiger partial charge in [-0.15, -0.1) is 0 Å². The van der Waals surface area contributed by atoms with Crippen molar-refractivity contribution < 1.29 is 5.11 Å². The molecule has 0 aromatic rings. The molecule has 1 aliphatic heterocycles.